The predicted octanol–water partition coefficient (Wildman–Crippen LogP) is 4.15. The van der Waals surface area contributed by atoms with Crippen LogP contribution >= 0.6 is 0 Å². The van der Waals surface area contributed by atoms with Crippen LogP contribution in [-0.4, -0.2) is 26.9 Å². The number of H-pyrrole nitrogens is 1. The number of anilines is 1. The smallest absolute Gasteiger partial charge is 0.330 e. The maximum atomic E-state index is 14.5. The Morgan fingerprint density at radius 1 is 1.26 bits per heavy atom. The lowest BCUT2D eigenvalue weighted by Crippen LogP contribution is -2.35. The first kappa shape index (κ1) is 22.9. The Bertz CT molecular complexity index is 1380. The lowest BCUT2D eigenvalue weighted by molar-refractivity contribution is -0.388. The number of alkyl halides is 3. The molecule has 0 spiro atoms. The van der Waals surface area contributed by atoms with Gasteiger partial charge in [0.2, 0.25) is 5.91 Å². The molecule has 0 aliphatic carbocycles. The topological polar surface area (TPSA) is 130 Å². The van der Waals surface area contributed by atoms with Crippen molar-refractivity contribution in [1.82, 2.24) is 15.5 Å². The van der Waals surface area contributed by atoms with Gasteiger partial charge in [-0.3, -0.25) is 24.8 Å². The Morgan fingerprint density at radius 2 is 2.00 bits per heavy atom. The Labute approximate surface area is 188 Å². The zero-order valence-electron chi connectivity index (χ0n) is 17.3. The summed E-state index contributed by atoms with van der Waals surface area (Å²) < 4.78 is 54.1. The van der Waals surface area contributed by atoms with Crippen molar-refractivity contribution in [2.75, 3.05) is 5.32 Å². The maximum Gasteiger partial charge on any atom is 0.422 e. The summed E-state index contributed by atoms with van der Waals surface area (Å²) in [5.74, 6) is -3.24. The van der Waals surface area contributed by atoms with Crippen LogP contribution in [0.4, 0.5) is 28.9 Å². The number of nitrogens with zero attached hydrogens (tertiary/aromatic N) is 2. The number of rotatable bonds is 4. The molecule has 1 atom stereocenters. The molecule has 1 unspecified atom stereocenters. The number of benzene rings is 2. The molecule has 2 aromatic carbocycles. The number of halogens is 4. The second kappa shape index (κ2) is 8.24. The summed E-state index contributed by atoms with van der Waals surface area (Å²) in [5, 5.41) is 23.0. The van der Waals surface area contributed by atoms with Gasteiger partial charge in [0, 0.05) is 41.1 Å². The average Bonchev–Trinajstić information content (AvgIpc) is 3.19. The van der Waals surface area contributed by atoms with Gasteiger partial charge in [-0.05, 0) is 24.6 Å². The van der Waals surface area contributed by atoms with Crippen LogP contribution in [0.25, 0.3) is 10.9 Å². The van der Waals surface area contributed by atoms with Gasteiger partial charge in [-0.15, -0.1) is 0 Å². The largest absolute Gasteiger partial charge is 0.422 e. The minimum absolute atomic E-state index is 0.0372. The fraction of sp³-hybridized carbons (Fsp3) is 0.190. The lowest BCUT2D eigenvalue weighted by Gasteiger charge is -2.27. The summed E-state index contributed by atoms with van der Waals surface area (Å²) in [5.41, 5.74) is -2.47. The van der Waals surface area contributed by atoms with Crippen LogP contribution in [0.1, 0.15) is 30.4 Å². The first-order valence-electron chi connectivity index (χ1n) is 9.76. The molecule has 1 aromatic heterocycles. The van der Waals surface area contributed by atoms with Crippen molar-refractivity contribution >= 4 is 34.1 Å². The molecule has 0 saturated heterocycles. The van der Waals surface area contributed by atoms with E-state index in [1.54, 1.807) is 0 Å². The highest BCUT2D eigenvalue weighted by molar-refractivity contribution is 6.07. The van der Waals surface area contributed by atoms with Gasteiger partial charge in [-0.2, -0.15) is 18.3 Å². The van der Waals surface area contributed by atoms with Crippen molar-refractivity contribution < 1.29 is 32.1 Å². The fourth-order valence-electron chi connectivity index (χ4n) is 3.90. The molecule has 3 N–H and O–H groups in total. The lowest BCUT2D eigenvalue weighted by atomic mass is 9.83. The number of nitrogens with one attached hydrogen (secondary N) is 3. The summed E-state index contributed by atoms with van der Waals surface area (Å²) in [6.07, 6.45) is -3.91. The summed E-state index contributed by atoms with van der Waals surface area (Å²) in [4.78, 5) is 35.4. The molecular weight excluding hydrogens is 462 g/mol. The summed E-state index contributed by atoms with van der Waals surface area (Å²) >= 11 is 0. The Balaban J connectivity index is 1.75. The zero-order valence-corrected chi connectivity index (χ0v) is 17.3. The van der Waals surface area contributed by atoms with Crippen LogP contribution in [0.2, 0.25) is 0 Å². The van der Waals surface area contributed by atoms with Gasteiger partial charge in [0.15, 0.2) is 0 Å². The molecule has 34 heavy (non-hydrogen) atoms. The SMILES string of the molecule is CC1=C(C(=O)Nc2cc3cn[nH]c3cc2F)C(c2ccc(C(F)(F)F)c([N+](=O)[O-])c2)CC(=O)N1. The van der Waals surface area contributed by atoms with E-state index in [-0.39, 0.29) is 28.9 Å². The van der Waals surface area contributed by atoms with Crippen LogP contribution in [-0.2, 0) is 15.8 Å². The molecule has 2 heterocycles. The van der Waals surface area contributed by atoms with Crippen molar-refractivity contribution in [1.29, 1.82) is 0 Å². The van der Waals surface area contributed by atoms with Gasteiger partial charge in [-0.25, -0.2) is 4.39 Å². The Kier molecular flexibility index (Phi) is 5.55. The van der Waals surface area contributed by atoms with Crippen LogP contribution in [0, 0.1) is 15.9 Å². The van der Waals surface area contributed by atoms with Crippen LogP contribution < -0.4 is 10.6 Å². The molecule has 9 nitrogen and oxygen atoms in total. The maximum absolute atomic E-state index is 14.5. The van der Waals surface area contributed by atoms with E-state index in [9.17, 15) is 37.3 Å². The number of aromatic amines is 1. The first-order valence-corrected chi connectivity index (χ1v) is 9.76. The molecule has 2 amide bonds. The van der Waals surface area contributed by atoms with E-state index < -0.39 is 45.9 Å². The van der Waals surface area contributed by atoms with E-state index >= 15 is 0 Å². The quantitative estimate of drug-likeness (QED) is 0.295. The highest BCUT2D eigenvalue weighted by atomic mass is 19.4. The number of carbonyl (C=O) groups is 2. The number of allylic oxidation sites excluding steroid dienone is 1. The number of carbonyl (C=O) groups excluding carboxylic acids is 2. The highest BCUT2D eigenvalue weighted by Gasteiger charge is 2.40. The summed E-state index contributed by atoms with van der Waals surface area (Å²) in [6.45, 7) is 1.40. The number of nitro benzene ring substituents is 1. The van der Waals surface area contributed by atoms with Gasteiger partial charge >= 0.3 is 6.18 Å². The third-order valence-corrected chi connectivity index (χ3v) is 5.42. The number of nitro groups is 1. The van der Waals surface area contributed by atoms with Gasteiger partial charge in [0.1, 0.15) is 11.4 Å². The molecular formula is C21H15F4N5O4. The van der Waals surface area contributed by atoms with Crippen molar-refractivity contribution in [3.8, 4) is 0 Å². The minimum Gasteiger partial charge on any atom is -0.330 e. The third-order valence-electron chi connectivity index (χ3n) is 5.42. The van der Waals surface area contributed by atoms with Crippen LogP contribution in [0.5, 0.6) is 0 Å². The highest BCUT2D eigenvalue weighted by Crippen LogP contribution is 2.40. The monoisotopic (exact) mass is 477 g/mol. The number of aromatic nitrogens is 2. The van der Waals surface area contributed by atoms with Gasteiger partial charge in [-0.1, -0.05) is 6.07 Å². The number of amides is 2. The Hall–Kier alpha value is -4.29. The predicted molar refractivity (Wildman–Crippen MR) is 111 cm³/mol. The molecule has 0 saturated carbocycles. The fourth-order valence-corrected chi connectivity index (χ4v) is 3.90. The van der Waals surface area contributed by atoms with Crippen molar-refractivity contribution in [2.24, 2.45) is 0 Å². The molecule has 0 bridgehead atoms. The van der Waals surface area contributed by atoms with Crippen molar-refractivity contribution in [3.63, 3.8) is 0 Å². The number of hydrogen-bond acceptors (Lipinski definition) is 5. The van der Waals surface area contributed by atoms with E-state index in [0.717, 1.165) is 12.1 Å². The average molecular weight is 477 g/mol. The molecule has 0 fully saturated rings. The van der Waals surface area contributed by atoms with Crippen molar-refractivity contribution in [3.05, 3.63) is 74.9 Å². The molecule has 1 aliphatic heterocycles. The summed E-state index contributed by atoms with van der Waals surface area (Å²) in [7, 11) is 0. The number of fused-ring (bicyclic) bond motifs is 1. The van der Waals surface area contributed by atoms with E-state index in [0.29, 0.717) is 23.0 Å². The van der Waals surface area contributed by atoms with E-state index in [4.69, 9.17) is 0 Å². The van der Waals surface area contributed by atoms with E-state index in [1.807, 2.05) is 0 Å². The first-order chi connectivity index (χ1) is 16.0. The molecule has 13 heteroatoms. The van der Waals surface area contributed by atoms with Crippen LogP contribution in [0.3, 0.4) is 0 Å². The second-order valence-corrected chi connectivity index (χ2v) is 7.62. The Morgan fingerprint density at radius 3 is 2.68 bits per heavy atom. The van der Waals surface area contributed by atoms with E-state index in [1.165, 1.54) is 19.2 Å². The van der Waals surface area contributed by atoms with Crippen molar-refractivity contribution in [2.45, 2.75) is 25.4 Å². The molecule has 4 rings (SSSR count). The molecule has 176 valence electrons. The summed E-state index contributed by atoms with van der Waals surface area (Å²) in [6, 6.07) is 4.68. The zero-order chi connectivity index (χ0) is 24.8. The van der Waals surface area contributed by atoms with Crippen LogP contribution in [0.15, 0.2) is 47.8 Å². The van der Waals surface area contributed by atoms with Gasteiger partial charge < -0.3 is 10.6 Å². The molecule has 0 radical (unpaired) electrons. The van der Waals surface area contributed by atoms with Gasteiger partial charge in [0.05, 0.1) is 22.3 Å². The number of hydrogen-bond donors (Lipinski definition) is 3. The molecule has 3 aromatic rings. The van der Waals surface area contributed by atoms with E-state index in [2.05, 4.69) is 20.8 Å². The normalized spacial score (nSPS) is 16.5. The van der Waals surface area contributed by atoms with Gasteiger partial charge in [0.25, 0.3) is 11.6 Å². The minimum atomic E-state index is -4.97. The standard InChI is InChI=1S/C21H15F4N5O4/c1-9-19(20(32)28-16-4-11-8-26-29-15(11)7-14(16)22)12(6-18(31)27-9)10-2-3-13(21(23,24)25)17(5-10)30(33)34/h2-5,7-8,12H,6H2,1H3,(H,26,29)(H,27,31)(H,28,32). The second-order valence-electron chi connectivity index (χ2n) is 7.62. The third kappa shape index (κ3) is 4.19. The molecule has 1 aliphatic rings.